The number of anilines is 3. The van der Waals surface area contributed by atoms with Gasteiger partial charge < -0.3 is 13.7 Å². The first-order valence-corrected chi connectivity index (χ1v) is 18.5. The van der Waals surface area contributed by atoms with Gasteiger partial charge in [0, 0.05) is 27.9 Å². The molecule has 0 fully saturated rings. The van der Waals surface area contributed by atoms with E-state index in [0.717, 1.165) is 66.8 Å². The number of furan rings is 1. The smallest absolute Gasteiger partial charge is 0.227 e. The van der Waals surface area contributed by atoms with Crippen molar-refractivity contribution in [1.29, 1.82) is 0 Å². The largest absolute Gasteiger partial charge is 0.456 e. The van der Waals surface area contributed by atoms with Crippen molar-refractivity contribution in [2.45, 2.75) is 0 Å². The topological polar surface area (TPSA) is 42.4 Å². The van der Waals surface area contributed by atoms with Gasteiger partial charge in [-0.1, -0.05) is 127 Å². The van der Waals surface area contributed by atoms with Crippen molar-refractivity contribution in [3.63, 3.8) is 0 Å². The monoisotopic (exact) mass is 704 g/mol. The van der Waals surface area contributed by atoms with Crippen LogP contribution < -0.4 is 4.90 Å². The van der Waals surface area contributed by atoms with E-state index in [1.165, 1.54) is 32.7 Å². The number of hydrogen-bond donors (Lipinski definition) is 0. The van der Waals surface area contributed by atoms with E-state index in [-0.39, 0.29) is 0 Å². The van der Waals surface area contributed by atoms with Crippen LogP contribution in [0.1, 0.15) is 0 Å². The number of rotatable bonds is 6. The lowest BCUT2D eigenvalue weighted by atomic mass is 9.93. The lowest BCUT2D eigenvalue weighted by molar-refractivity contribution is 0.622. The minimum Gasteiger partial charge on any atom is -0.456 e. The average Bonchev–Trinajstić information content (AvgIpc) is 3.86. The molecule has 2 aromatic heterocycles. The van der Waals surface area contributed by atoms with Gasteiger partial charge in [-0.25, -0.2) is 4.98 Å². The van der Waals surface area contributed by atoms with Crippen LogP contribution in [-0.2, 0) is 0 Å². The Morgan fingerprint density at radius 2 is 1.04 bits per heavy atom. The molecule has 4 heteroatoms. The Bertz CT molecular complexity index is 3200. The Morgan fingerprint density at radius 3 is 1.85 bits per heavy atom. The molecule has 0 aliphatic rings. The minimum absolute atomic E-state index is 0.589. The van der Waals surface area contributed by atoms with Crippen LogP contribution >= 0.6 is 0 Å². The molecule has 0 spiro atoms. The highest BCUT2D eigenvalue weighted by atomic mass is 16.4. The second kappa shape index (κ2) is 12.6. The summed E-state index contributed by atoms with van der Waals surface area (Å²) in [4.78, 5) is 7.21. The Balaban J connectivity index is 1.11. The van der Waals surface area contributed by atoms with Gasteiger partial charge in [0.05, 0.1) is 11.1 Å². The van der Waals surface area contributed by atoms with Crippen molar-refractivity contribution in [3.8, 4) is 33.7 Å². The second-order valence-electron chi connectivity index (χ2n) is 13.9. The SMILES string of the molecule is c1ccc(-c2nc3ccc4oc5ccc(N(c6ccc(-c7cc8ccccc8c8ccccc78)cc6)c6ccccc6-c6ccccc6)cc5c4c3o2)cc1. The Morgan fingerprint density at radius 1 is 0.400 bits per heavy atom. The van der Waals surface area contributed by atoms with Gasteiger partial charge in [-0.2, -0.15) is 0 Å². The van der Waals surface area contributed by atoms with E-state index in [2.05, 4.69) is 157 Å². The molecule has 258 valence electrons. The van der Waals surface area contributed by atoms with Crippen LogP contribution in [0.5, 0.6) is 0 Å². The lowest BCUT2D eigenvalue weighted by Gasteiger charge is -2.28. The molecule has 0 N–H and O–H groups in total. The summed E-state index contributed by atoms with van der Waals surface area (Å²) < 4.78 is 12.9. The summed E-state index contributed by atoms with van der Waals surface area (Å²) in [7, 11) is 0. The minimum atomic E-state index is 0.589. The molecule has 2 heterocycles. The molecule has 11 aromatic rings. The summed E-state index contributed by atoms with van der Waals surface area (Å²) in [6.45, 7) is 0. The van der Waals surface area contributed by atoms with Crippen molar-refractivity contribution < 1.29 is 8.83 Å². The number of aromatic nitrogens is 1. The van der Waals surface area contributed by atoms with E-state index in [0.29, 0.717) is 5.89 Å². The third kappa shape index (κ3) is 5.19. The molecule has 4 nitrogen and oxygen atoms in total. The summed E-state index contributed by atoms with van der Waals surface area (Å²) in [5.41, 5.74) is 11.8. The number of benzene rings is 9. The fraction of sp³-hybridized carbons (Fsp3) is 0. The third-order valence-corrected chi connectivity index (χ3v) is 10.7. The molecule has 0 atom stereocenters. The maximum atomic E-state index is 6.51. The zero-order chi connectivity index (χ0) is 36.3. The van der Waals surface area contributed by atoms with Gasteiger partial charge in [0.2, 0.25) is 5.89 Å². The van der Waals surface area contributed by atoms with Crippen molar-refractivity contribution in [1.82, 2.24) is 4.98 Å². The number of oxazole rings is 1. The van der Waals surface area contributed by atoms with Crippen molar-refractivity contribution in [2.24, 2.45) is 0 Å². The van der Waals surface area contributed by atoms with E-state index in [9.17, 15) is 0 Å². The summed E-state index contributed by atoms with van der Waals surface area (Å²) in [6, 6.07) is 68.3. The molecule has 11 rings (SSSR count). The van der Waals surface area contributed by atoms with Crippen LogP contribution in [0.25, 0.3) is 88.3 Å². The normalized spacial score (nSPS) is 11.6. The average molecular weight is 705 g/mol. The van der Waals surface area contributed by atoms with Crippen LogP contribution in [-0.4, -0.2) is 4.98 Å². The predicted molar refractivity (Wildman–Crippen MR) is 227 cm³/mol. The van der Waals surface area contributed by atoms with Gasteiger partial charge in [-0.15, -0.1) is 0 Å². The first-order chi connectivity index (χ1) is 27.3. The molecule has 0 radical (unpaired) electrons. The summed E-state index contributed by atoms with van der Waals surface area (Å²) >= 11 is 0. The van der Waals surface area contributed by atoms with Gasteiger partial charge in [-0.05, 0) is 105 Å². The molecule has 0 saturated carbocycles. The van der Waals surface area contributed by atoms with E-state index < -0.39 is 0 Å². The summed E-state index contributed by atoms with van der Waals surface area (Å²) in [5, 5.41) is 6.88. The highest BCUT2D eigenvalue weighted by Crippen LogP contribution is 2.45. The van der Waals surface area contributed by atoms with Gasteiger partial charge >= 0.3 is 0 Å². The van der Waals surface area contributed by atoms with E-state index in [4.69, 9.17) is 13.8 Å². The molecule has 0 saturated heterocycles. The number of nitrogens with zero attached hydrogens (tertiary/aromatic N) is 2. The molecule has 0 bridgehead atoms. The van der Waals surface area contributed by atoms with Crippen molar-refractivity contribution >= 4 is 71.6 Å². The Hall–Kier alpha value is -7.43. The molecule has 9 aromatic carbocycles. The highest BCUT2D eigenvalue weighted by Gasteiger charge is 2.21. The van der Waals surface area contributed by atoms with Crippen LogP contribution in [0, 0.1) is 0 Å². The third-order valence-electron chi connectivity index (χ3n) is 10.7. The van der Waals surface area contributed by atoms with Crippen LogP contribution in [0.3, 0.4) is 0 Å². The highest BCUT2D eigenvalue weighted by molar-refractivity contribution is 6.17. The maximum absolute atomic E-state index is 6.51. The molecule has 0 unspecified atom stereocenters. The van der Waals surface area contributed by atoms with Crippen LogP contribution in [0.15, 0.2) is 203 Å². The van der Waals surface area contributed by atoms with Crippen LogP contribution in [0.2, 0.25) is 0 Å². The number of para-hydroxylation sites is 1. The zero-order valence-electron chi connectivity index (χ0n) is 29.7. The molecule has 0 aliphatic heterocycles. The number of hydrogen-bond acceptors (Lipinski definition) is 4. The van der Waals surface area contributed by atoms with Crippen molar-refractivity contribution in [3.05, 3.63) is 194 Å². The molecule has 0 amide bonds. The summed E-state index contributed by atoms with van der Waals surface area (Å²) in [6.07, 6.45) is 0. The maximum Gasteiger partial charge on any atom is 0.227 e. The van der Waals surface area contributed by atoms with Crippen molar-refractivity contribution in [2.75, 3.05) is 4.90 Å². The predicted octanol–water partition coefficient (Wildman–Crippen LogP) is 14.5. The second-order valence-corrected chi connectivity index (χ2v) is 13.9. The first-order valence-electron chi connectivity index (χ1n) is 18.5. The van der Waals surface area contributed by atoms with E-state index >= 15 is 0 Å². The quantitative estimate of drug-likeness (QED) is 0.162. The zero-order valence-corrected chi connectivity index (χ0v) is 29.7. The Kier molecular flexibility index (Phi) is 7.14. The molecule has 55 heavy (non-hydrogen) atoms. The van der Waals surface area contributed by atoms with Gasteiger partial charge in [0.15, 0.2) is 5.58 Å². The van der Waals surface area contributed by atoms with Gasteiger partial charge in [0.1, 0.15) is 16.7 Å². The fourth-order valence-electron chi connectivity index (χ4n) is 8.12. The lowest BCUT2D eigenvalue weighted by Crippen LogP contribution is -2.11. The Labute approximate surface area is 317 Å². The fourth-order valence-corrected chi connectivity index (χ4v) is 8.12. The molecular formula is C51H32N2O2. The summed E-state index contributed by atoms with van der Waals surface area (Å²) in [5.74, 6) is 0.589. The van der Waals surface area contributed by atoms with Crippen LogP contribution in [0.4, 0.5) is 17.1 Å². The standard InChI is InChI=1S/C51H32N2O2/c1-3-13-33(14-4-1)40-19-11-12-22-46(40)53(37-25-23-34(24-26-37)43-31-36-17-7-8-18-39(36)41-20-9-10-21-42(41)43)38-27-29-47-44(32-38)49-48(54-47)30-28-45-50(49)55-51(52-45)35-15-5-2-6-16-35/h1-32H. The van der Waals surface area contributed by atoms with E-state index in [1.54, 1.807) is 0 Å². The van der Waals surface area contributed by atoms with Gasteiger partial charge in [0.25, 0.3) is 0 Å². The number of fused-ring (bicyclic) bond motifs is 8. The molecular weight excluding hydrogens is 673 g/mol. The van der Waals surface area contributed by atoms with Gasteiger partial charge in [-0.3, -0.25) is 0 Å². The molecule has 0 aliphatic carbocycles. The first kappa shape index (κ1) is 31.1. The van der Waals surface area contributed by atoms with E-state index in [1.807, 2.05) is 42.5 Å².